The smallest absolute Gasteiger partial charge is 0.252 e. The van der Waals surface area contributed by atoms with Crippen molar-refractivity contribution in [3.63, 3.8) is 0 Å². The van der Waals surface area contributed by atoms with E-state index in [9.17, 15) is 9.59 Å². The predicted octanol–water partition coefficient (Wildman–Crippen LogP) is 0.628. The van der Waals surface area contributed by atoms with Gasteiger partial charge in [0.25, 0.3) is 5.91 Å². The Labute approximate surface area is 140 Å². The summed E-state index contributed by atoms with van der Waals surface area (Å²) < 4.78 is 1.75. The fraction of sp³-hybridized carbons (Fsp3) is 0.353. The highest BCUT2D eigenvalue weighted by molar-refractivity contribution is 5.96. The molecule has 3 rings (SSSR count). The van der Waals surface area contributed by atoms with E-state index in [0.717, 1.165) is 18.7 Å². The summed E-state index contributed by atoms with van der Waals surface area (Å²) in [7, 11) is 0. The third kappa shape index (κ3) is 3.30. The maximum atomic E-state index is 13.0. The summed E-state index contributed by atoms with van der Waals surface area (Å²) in [5.74, 6) is -0.450. The van der Waals surface area contributed by atoms with Crippen molar-refractivity contribution in [2.24, 2.45) is 5.73 Å². The fourth-order valence-electron chi connectivity index (χ4n) is 3.08. The van der Waals surface area contributed by atoms with E-state index >= 15 is 0 Å². The van der Waals surface area contributed by atoms with Gasteiger partial charge in [0.1, 0.15) is 5.54 Å². The Morgan fingerprint density at radius 1 is 1.25 bits per heavy atom. The summed E-state index contributed by atoms with van der Waals surface area (Å²) in [5.41, 5.74) is 6.02. The van der Waals surface area contributed by atoms with E-state index in [0.29, 0.717) is 18.5 Å². The van der Waals surface area contributed by atoms with Crippen molar-refractivity contribution in [1.29, 1.82) is 0 Å². The number of rotatable bonds is 5. The summed E-state index contributed by atoms with van der Waals surface area (Å²) in [6.45, 7) is 1.54. The SMILES string of the molecule is NC(=O)Cc1ccc(NC(=O)C2(n3cccn3)CCNCC2)cc1. The summed E-state index contributed by atoms with van der Waals surface area (Å²) >= 11 is 0. The van der Waals surface area contributed by atoms with Crippen LogP contribution in [0.1, 0.15) is 18.4 Å². The van der Waals surface area contributed by atoms with Crippen molar-refractivity contribution in [2.75, 3.05) is 18.4 Å². The van der Waals surface area contributed by atoms with E-state index in [4.69, 9.17) is 5.73 Å². The molecule has 1 aliphatic heterocycles. The Kier molecular flexibility index (Phi) is 4.61. The zero-order valence-electron chi connectivity index (χ0n) is 13.4. The largest absolute Gasteiger partial charge is 0.369 e. The number of piperidine rings is 1. The van der Waals surface area contributed by atoms with Crippen LogP contribution in [0.2, 0.25) is 0 Å². The maximum absolute atomic E-state index is 13.0. The highest BCUT2D eigenvalue weighted by Gasteiger charge is 2.41. The summed E-state index contributed by atoms with van der Waals surface area (Å²) in [4.78, 5) is 23.9. The number of hydrogen-bond donors (Lipinski definition) is 3. The molecule has 1 aliphatic rings. The number of carbonyl (C=O) groups is 2. The topological polar surface area (TPSA) is 102 Å². The lowest BCUT2D eigenvalue weighted by Crippen LogP contribution is -2.52. The molecule has 1 saturated heterocycles. The van der Waals surface area contributed by atoms with Crippen LogP contribution in [0.25, 0.3) is 0 Å². The highest BCUT2D eigenvalue weighted by Crippen LogP contribution is 2.28. The molecular weight excluding hydrogens is 306 g/mol. The number of anilines is 1. The molecule has 2 amide bonds. The predicted molar refractivity (Wildman–Crippen MR) is 90.3 cm³/mol. The molecule has 1 fully saturated rings. The number of primary amides is 1. The monoisotopic (exact) mass is 327 g/mol. The van der Waals surface area contributed by atoms with Gasteiger partial charge >= 0.3 is 0 Å². The van der Waals surface area contributed by atoms with Crippen molar-refractivity contribution in [3.05, 3.63) is 48.3 Å². The van der Waals surface area contributed by atoms with Crippen molar-refractivity contribution >= 4 is 17.5 Å². The molecule has 0 aliphatic carbocycles. The number of carbonyl (C=O) groups excluding carboxylic acids is 2. The Morgan fingerprint density at radius 2 is 1.96 bits per heavy atom. The van der Waals surface area contributed by atoms with Gasteiger partial charge in [-0.05, 0) is 49.7 Å². The molecule has 0 unspecified atom stereocenters. The van der Waals surface area contributed by atoms with E-state index in [-0.39, 0.29) is 18.2 Å². The highest BCUT2D eigenvalue weighted by atomic mass is 16.2. The molecule has 2 aromatic rings. The van der Waals surface area contributed by atoms with Gasteiger partial charge in [0, 0.05) is 18.1 Å². The Bertz CT molecular complexity index is 703. The molecule has 1 aromatic carbocycles. The van der Waals surface area contributed by atoms with Gasteiger partial charge in [-0.25, -0.2) is 0 Å². The van der Waals surface area contributed by atoms with Gasteiger partial charge < -0.3 is 16.4 Å². The van der Waals surface area contributed by atoms with Crippen LogP contribution in [0.4, 0.5) is 5.69 Å². The number of aromatic nitrogens is 2. The molecule has 4 N–H and O–H groups in total. The van der Waals surface area contributed by atoms with Crippen LogP contribution in [0, 0.1) is 0 Å². The van der Waals surface area contributed by atoms with Gasteiger partial charge in [0.15, 0.2) is 0 Å². The lowest BCUT2D eigenvalue weighted by molar-refractivity contribution is -0.126. The number of amides is 2. The van der Waals surface area contributed by atoms with Gasteiger partial charge in [0.05, 0.1) is 6.42 Å². The Hall–Kier alpha value is -2.67. The lowest BCUT2D eigenvalue weighted by Gasteiger charge is -2.36. The van der Waals surface area contributed by atoms with Crippen LogP contribution in [0.3, 0.4) is 0 Å². The van der Waals surface area contributed by atoms with Crippen molar-refractivity contribution in [3.8, 4) is 0 Å². The zero-order valence-corrected chi connectivity index (χ0v) is 13.4. The molecule has 1 aromatic heterocycles. The average Bonchev–Trinajstić information content (AvgIpc) is 3.12. The molecule has 7 heteroatoms. The molecule has 0 radical (unpaired) electrons. The maximum Gasteiger partial charge on any atom is 0.252 e. The van der Waals surface area contributed by atoms with Gasteiger partial charge in [-0.1, -0.05) is 12.1 Å². The minimum atomic E-state index is -0.680. The van der Waals surface area contributed by atoms with Crippen LogP contribution < -0.4 is 16.4 Å². The second kappa shape index (κ2) is 6.84. The van der Waals surface area contributed by atoms with E-state index < -0.39 is 5.54 Å². The second-order valence-corrected chi connectivity index (χ2v) is 6.03. The van der Waals surface area contributed by atoms with Crippen molar-refractivity contribution < 1.29 is 9.59 Å². The van der Waals surface area contributed by atoms with Gasteiger partial charge in [-0.2, -0.15) is 5.10 Å². The molecule has 0 spiro atoms. The van der Waals surface area contributed by atoms with Gasteiger partial charge in [-0.15, -0.1) is 0 Å². The molecule has 7 nitrogen and oxygen atoms in total. The molecule has 24 heavy (non-hydrogen) atoms. The molecule has 0 bridgehead atoms. The van der Waals surface area contributed by atoms with Crippen molar-refractivity contribution in [2.45, 2.75) is 24.8 Å². The third-order valence-electron chi connectivity index (χ3n) is 4.39. The van der Waals surface area contributed by atoms with E-state index in [1.807, 2.05) is 12.3 Å². The van der Waals surface area contributed by atoms with Crippen LogP contribution in [0.5, 0.6) is 0 Å². The number of nitrogens with two attached hydrogens (primary N) is 1. The molecule has 2 heterocycles. The minimum Gasteiger partial charge on any atom is -0.369 e. The Balaban J connectivity index is 1.77. The third-order valence-corrected chi connectivity index (χ3v) is 4.39. The molecular formula is C17H21N5O2. The average molecular weight is 327 g/mol. The molecule has 0 saturated carbocycles. The first kappa shape index (κ1) is 16.2. The van der Waals surface area contributed by atoms with E-state index in [2.05, 4.69) is 15.7 Å². The number of nitrogens with zero attached hydrogens (tertiary/aromatic N) is 2. The van der Waals surface area contributed by atoms with Crippen LogP contribution in [-0.4, -0.2) is 34.7 Å². The Morgan fingerprint density at radius 3 is 2.54 bits per heavy atom. The fourth-order valence-corrected chi connectivity index (χ4v) is 3.08. The summed E-state index contributed by atoms with van der Waals surface area (Å²) in [6.07, 6.45) is 5.08. The first-order chi connectivity index (χ1) is 11.6. The standard InChI is InChI=1S/C17H21N5O2/c18-15(23)12-13-2-4-14(5-3-13)21-16(24)17(6-9-19-10-7-17)22-11-1-8-20-22/h1-5,8,11,19H,6-7,9-10,12H2,(H2,18,23)(H,21,24). The first-order valence-corrected chi connectivity index (χ1v) is 8.00. The number of hydrogen-bond acceptors (Lipinski definition) is 4. The minimum absolute atomic E-state index is 0.0737. The van der Waals surface area contributed by atoms with E-state index in [1.165, 1.54) is 0 Å². The second-order valence-electron chi connectivity index (χ2n) is 6.03. The van der Waals surface area contributed by atoms with Gasteiger partial charge in [0.2, 0.25) is 5.91 Å². The van der Waals surface area contributed by atoms with Crippen molar-refractivity contribution in [1.82, 2.24) is 15.1 Å². The van der Waals surface area contributed by atoms with Gasteiger partial charge in [-0.3, -0.25) is 14.3 Å². The van der Waals surface area contributed by atoms with Crippen LogP contribution in [0.15, 0.2) is 42.7 Å². The summed E-state index contributed by atoms with van der Waals surface area (Å²) in [5, 5.41) is 10.6. The molecule has 126 valence electrons. The van der Waals surface area contributed by atoms with E-state index in [1.54, 1.807) is 35.1 Å². The molecule has 0 atom stereocenters. The number of benzene rings is 1. The summed E-state index contributed by atoms with van der Waals surface area (Å²) in [6, 6.07) is 8.99. The number of nitrogens with one attached hydrogen (secondary N) is 2. The quantitative estimate of drug-likeness (QED) is 0.749. The van der Waals surface area contributed by atoms with Crippen LogP contribution >= 0.6 is 0 Å². The van der Waals surface area contributed by atoms with Crippen LogP contribution in [-0.2, 0) is 21.5 Å². The lowest BCUT2D eigenvalue weighted by atomic mass is 9.87. The first-order valence-electron chi connectivity index (χ1n) is 8.00. The zero-order chi connectivity index (χ0) is 17.0. The normalized spacial score (nSPS) is 16.5.